The van der Waals surface area contributed by atoms with E-state index in [0.717, 1.165) is 38.0 Å². The van der Waals surface area contributed by atoms with Crippen molar-refractivity contribution < 1.29 is 19.1 Å². The molecule has 0 radical (unpaired) electrons. The summed E-state index contributed by atoms with van der Waals surface area (Å²) in [5.41, 5.74) is 1.79. The number of nitrogens with one attached hydrogen (secondary N) is 1. The lowest BCUT2D eigenvalue weighted by molar-refractivity contribution is -0.384. The summed E-state index contributed by atoms with van der Waals surface area (Å²) in [6.07, 6.45) is 1.83. The van der Waals surface area contributed by atoms with Crippen LogP contribution in [0.3, 0.4) is 0 Å². The van der Waals surface area contributed by atoms with Gasteiger partial charge in [-0.1, -0.05) is 12.1 Å². The van der Waals surface area contributed by atoms with Crippen LogP contribution in [0.5, 0.6) is 17.2 Å². The van der Waals surface area contributed by atoms with Crippen LogP contribution >= 0.6 is 0 Å². The minimum absolute atomic E-state index is 0.118. The molecule has 1 N–H and O–H groups in total. The Kier molecular flexibility index (Phi) is 6.77. The molecule has 2 aromatic carbocycles. The normalized spacial score (nSPS) is 15.0. The van der Waals surface area contributed by atoms with Gasteiger partial charge in [-0.3, -0.25) is 15.0 Å². The van der Waals surface area contributed by atoms with Gasteiger partial charge >= 0.3 is 0 Å². The van der Waals surface area contributed by atoms with E-state index in [0.29, 0.717) is 22.9 Å². The summed E-state index contributed by atoms with van der Waals surface area (Å²) in [7, 11) is 4.82. The highest BCUT2D eigenvalue weighted by Crippen LogP contribution is 2.38. The topological polar surface area (TPSA) is 86.1 Å². The average molecular weight is 401 g/mol. The van der Waals surface area contributed by atoms with Gasteiger partial charge in [-0.05, 0) is 36.6 Å². The van der Waals surface area contributed by atoms with Crippen LogP contribution in [0.2, 0.25) is 0 Å². The van der Waals surface area contributed by atoms with Crippen molar-refractivity contribution in [2.75, 3.05) is 39.7 Å². The fourth-order valence-electron chi connectivity index (χ4n) is 3.70. The molecule has 0 aromatic heterocycles. The molecule has 1 fully saturated rings. The van der Waals surface area contributed by atoms with Gasteiger partial charge in [0.15, 0.2) is 11.5 Å². The largest absolute Gasteiger partial charge is 0.493 e. The third kappa shape index (κ3) is 4.89. The Hall–Kier alpha value is -3.00. The van der Waals surface area contributed by atoms with E-state index in [1.807, 2.05) is 18.2 Å². The van der Waals surface area contributed by atoms with Gasteiger partial charge in [0.1, 0.15) is 5.69 Å². The van der Waals surface area contributed by atoms with Crippen molar-refractivity contribution in [2.24, 2.45) is 0 Å². The number of ether oxygens (including phenoxy) is 3. The molecule has 8 heteroatoms. The van der Waals surface area contributed by atoms with E-state index in [4.69, 9.17) is 14.2 Å². The van der Waals surface area contributed by atoms with E-state index in [1.165, 1.54) is 6.07 Å². The van der Waals surface area contributed by atoms with Gasteiger partial charge in [-0.2, -0.15) is 0 Å². The molecular weight excluding hydrogens is 374 g/mol. The summed E-state index contributed by atoms with van der Waals surface area (Å²) in [6, 6.07) is 10.9. The Morgan fingerprint density at radius 1 is 1.07 bits per heavy atom. The number of nitrogens with zero attached hydrogens (tertiary/aromatic N) is 2. The smallest absolute Gasteiger partial charge is 0.292 e. The van der Waals surface area contributed by atoms with Gasteiger partial charge < -0.3 is 19.5 Å². The second-order valence-electron chi connectivity index (χ2n) is 7.00. The molecule has 8 nitrogen and oxygen atoms in total. The van der Waals surface area contributed by atoms with Gasteiger partial charge in [0.2, 0.25) is 5.75 Å². The maximum atomic E-state index is 11.2. The molecule has 0 aliphatic carbocycles. The van der Waals surface area contributed by atoms with Crippen LogP contribution in [0, 0.1) is 10.1 Å². The van der Waals surface area contributed by atoms with Gasteiger partial charge in [0.25, 0.3) is 5.69 Å². The lowest BCUT2D eigenvalue weighted by Crippen LogP contribution is -2.38. The SMILES string of the molecule is COc1cc(CN2CCC(Nc3ccccc3[N+](=O)[O-])CC2)cc(OC)c1OC. The van der Waals surface area contributed by atoms with Crippen molar-refractivity contribution in [1.82, 2.24) is 4.90 Å². The maximum Gasteiger partial charge on any atom is 0.292 e. The summed E-state index contributed by atoms with van der Waals surface area (Å²) in [5.74, 6) is 1.88. The van der Waals surface area contributed by atoms with E-state index in [2.05, 4.69) is 10.2 Å². The van der Waals surface area contributed by atoms with Crippen molar-refractivity contribution in [3.05, 3.63) is 52.1 Å². The quantitative estimate of drug-likeness (QED) is 0.533. The number of likely N-dealkylation sites (tertiary alicyclic amines) is 1. The molecule has 1 heterocycles. The highest BCUT2D eigenvalue weighted by molar-refractivity contribution is 5.61. The van der Waals surface area contributed by atoms with Gasteiger partial charge in [-0.15, -0.1) is 0 Å². The first-order valence-corrected chi connectivity index (χ1v) is 9.57. The summed E-state index contributed by atoms with van der Waals surface area (Å²) >= 11 is 0. The van der Waals surface area contributed by atoms with Crippen LogP contribution < -0.4 is 19.5 Å². The molecule has 0 spiro atoms. The highest BCUT2D eigenvalue weighted by Gasteiger charge is 2.23. The van der Waals surface area contributed by atoms with E-state index >= 15 is 0 Å². The van der Waals surface area contributed by atoms with Crippen molar-refractivity contribution in [1.29, 1.82) is 0 Å². The van der Waals surface area contributed by atoms with Crippen LogP contribution in [0.1, 0.15) is 18.4 Å². The molecule has 0 bridgehead atoms. The Morgan fingerprint density at radius 2 is 1.69 bits per heavy atom. The maximum absolute atomic E-state index is 11.2. The Labute approximate surface area is 170 Å². The van der Waals surface area contributed by atoms with Gasteiger partial charge in [0, 0.05) is 31.7 Å². The summed E-state index contributed by atoms with van der Waals surface area (Å²) in [6.45, 7) is 2.57. The second kappa shape index (κ2) is 9.47. The summed E-state index contributed by atoms with van der Waals surface area (Å²) < 4.78 is 16.2. The molecule has 3 rings (SSSR count). The molecule has 0 unspecified atom stereocenters. The van der Waals surface area contributed by atoms with E-state index in [9.17, 15) is 10.1 Å². The number of hydrogen-bond donors (Lipinski definition) is 1. The summed E-state index contributed by atoms with van der Waals surface area (Å²) in [4.78, 5) is 13.2. The van der Waals surface area contributed by atoms with Crippen molar-refractivity contribution in [3.8, 4) is 17.2 Å². The second-order valence-corrected chi connectivity index (χ2v) is 7.00. The van der Waals surface area contributed by atoms with Crippen LogP contribution in [0.15, 0.2) is 36.4 Å². The molecule has 1 aliphatic heterocycles. The fraction of sp³-hybridized carbons (Fsp3) is 0.429. The number of nitro groups is 1. The van der Waals surface area contributed by atoms with Crippen LogP contribution in [-0.2, 0) is 6.54 Å². The number of rotatable bonds is 8. The average Bonchev–Trinajstić information content (AvgIpc) is 2.74. The Morgan fingerprint density at radius 3 is 2.24 bits per heavy atom. The zero-order chi connectivity index (χ0) is 20.8. The standard InChI is InChI=1S/C21H27N3O5/c1-27-19-12-15(13-20(28-2)21(19)29-3)14-23-10-8-16(9-11-23)22-17-6-4-5-7-18(17)24(25)26/h4-7,12-13,16,22H,8-11,14H2,1-3H3. The fourth-order valence-corrected chi connectivity index (χ4v) is 3.70. The first-order chi connectivity index (χ1) is 14.0. The zero-order valence-corrected chi connectivity index (χ0v) is 17.0. The monoisotopic (exact) mass is 401 g/mol. The number of methoxy groups -OCH3 is 3. The first kappa shape index (κ1) is 20.7. The van der Waals surface area contributed by atoms with Gasteiger partial charge in [-0.25, -0.2) is 0 Å². The third-order valence-corrected chi connectivity index (χ3v) is 5.18. The Bertz CT molecular complexity index is 825. The number of anilines is 1. The highest BCUT2D eigenvalue weighted by atomic mass is 16.6. The van der Waals surface area contributed by atoms with Crippen molar-refractivity contribution in [2.45, 2.75) is 25.4 Å². The first-order valence-electron chi connectivity index (χ1n) is 9.57. The molecule has 2 aromatic rings. The number of benzene rings is 2. The van der Waals surface area contributed by atoms with Gasteiger partial charge in [0.05, 0.1) is 26.3 Å². The van der Waals surface area contributed by atoms with E-state index in [-0.39, 0.29) is 16.7 Å². The predicted octanol–water partition coefficient (Wildman–Crippen LogP) is 3.70. The predicted molar refractivity (Wildman–Crippen MR) is 111 cm³/mol. The minimum Gasteiger partial charge on any atom is -0.493 e. The molecule has 0 atom stereocenters. The molecule has 1 aliphatic rings. The lowest BCUT2D eigenvalue weighted by atomic mass is 10.0. The molecular formula is C21H27N3O5. The molecule has 1 saturated heterocycles. The molecule has 0 saturated carbocycles. The molecule has 0 amide bonds. The van der Waals surface area contributed by atoms with Crippen molar-refractivity contribution >= 4 is 11.4 Å². The van der Waals surface area contributed by atoms with E-state index in [1.54, 1.807) is 33.5 Å². The summed E-state index contributed by atoms with van der Waals surface area (Å²) in [5, 5.41) is 14.5. The lowest BCUT2D eigenvalue weighted by Gasteiger charge is -2.33. The van der Waals surface area contributed by atoms with Crippen LogP contribution in [0.4, 0.5) is 11.4 Å². The number of hydrogen-bond acceptors (Lipinski definition) is 7. The minimum atomic E-state index is -0.345. The Balaban J connectivity index is 1.61. The number of piperidine rings is 1. The number of para-hydroxylation sites is 2. The van der Waals surface area contributed by atoms with Crippen LogP contribution in [0.25, 0.3) is 0 Å². The third-order valence-electron chi connectivity index (χ3n) is 5.18. The molecule has 156 valence electrons. The molecule has 29 heavy (non-hydrogen) atoms. The zero-order valence-electron chi connectivity index (χ0n) is 17.0. The van der Waals surface area contributed by atoms with Crippen molar-refractivity contribution in [3.63, 3.8) is 0 Å². The van der Waals surface area contributed by atoms with Crippen LogP contribution in [-0.4, -0.2) is 50.3 Å². The number of nitro benzene ring substituents is 1. The van der Waals surface area contributed by atoms with E-state index < -0.39 is 0 Å².